The van der Waals surface area contributed by atoms with Gasteiger partial charge in [-0.2, -0.15) is 0 Å². The molecule has 142 valence electrons. The molecule has 6 nitrogen and oxygen atoms in total. The Balaban J connectivity index is 1.48. The largest absolute Gasteiger partial charge is 0.343 e. The van der Waals surface area contributed by atoms with Crippen LogP contribution in [0.5, 0.6) is 0 Å². The van der Waals surface area contributed by atoms with Gasteiger partial charge in [0.15, 0.2) is 0 Å². The van der Waals surface area contributed by atoms with Crippen LogP contribution in [0.1, 0.15) is 39.5 Å². The van der Waals surface area contributed by atoms with Crippen LogP contribution in [0.2, 0.25) is 0 Å². The lowest BCUT2D eigenvalue weighted by Gasteiger charge is -2.13. The van der Waals surface area contributed by atoms with Gasteiger partial charge in [-0.1, -0.05) is 40.2 Å². The molecule has 2 unspecified atom stereocenters. The van der Waals surface area contributed by atoms with Crippen LogP contribution in [0.25, 0.3) is 0 Å². The van der Waals surface area contributed by atoms with E-state index in [0.29, 0.717) is 12.0 Å². The third-order valence-corrected chi connectivity index (χ3v) is 5.42. The molecule has 0 spiro atoms. The van der Waals surface area contributed by atoms with Crippen LogP contribution < -0.4 is 21.5 Å². The number of nitrogens with one attached hydrogen (secondary N) is 4. The number of aryl methyl sites for hydroxylation is 2. The highest BCUT2D eigenvalue weighted by Gasteiger charge is 2.27. The first-order valence-electron chi connectivity index (χ1n) is 8.84. The average Bonchev–Trinajstić information content (AvgIpc) is 3.10. The maximum atomic E-state index is 12.2. The van der Waals surface area contributed by atoms with Crippen molar-refractivity contribution in [1.82, 2.24) is 21.5 Å². The Morgan fingerprint density at radius 2 is 1.89 bits per heavy atom. The minimum Gasteiger partial charge on any atom is -0.343 e. The molecule has 3 rings (SSSR count). The Kier molecular flexibility index (Phi) is 6.26. The van der Waals surface area contributed by atoms with E-state index in [1.54, 1.807) is 6.07 Å². The van der Waals surface area contributed by atoms with E-state index in [4.69, 9.17) is 0 Å². The van der Waals surface area contributed by atoms with Gasteiger partial charge in [-0.15, -0.1) is 0 Å². The minimum absolute atomic E-state index is 0.0658. The average molecular weight is 431 g/mol. The summed E-state index contributed by atoms with van der Waals surface area (Å²) in [7, 11) is 0. The smallest absolute Gasteiger partial charge is 0.251 e. The number of halogens is 1. The molecule has 0 aliphatic carbocycles. The molecular formula is C20H23BrN4O2. The van der Waals surface area contributed by atoms with E-state index < -0.39 is 0 Å². The number of rotatable bonds is 5. The van der Waals surface area contributed by atoms with Crippen LogP contribution in [0.15, 0.2) is 46.9 Å². The standard InChI is InChI=1S/C20H23BrN4O2/c1-12-7-8-14(9-13(12)2)20(27)22-11-19(26)23-18-10-17(24-25-18)15-5-3-4-6-16(15)21/h3-9,17-18,24-25H,10-11H2,1-2H3,(H,22,27)(H,23,26). The Bertz CT molecular complexity index is 856. The molecule has 2 aromatic carbocycles. The summed E-state index contributed by atoms with van der Waals surface area (Å²) >= 11 is 3.55. The van der Waals surface area contributed by atoms with Crippen molar-refractivity contribution in [2.75, 3.05) is 6.54 Å². The zero-order chi connectivity index (χ0) is 19.4. The summed E-state index contributed by atoms with van der Waals surface area (Å²) in [5.41, 5.74) is 10.1. The normalized spacial score (nSPS) is 18.9. The number of hydrogen-bond donors (Lipinski definition) is 4. The Labute approximate surface area is 167 Å². The fourth-order valence-electron chi connectivity index (χ4n) is 3.00. The predicted octanol–water partition coefficient (Wildman–Crippen LogP) is 2.48. The second-order valence-electron chi connectivity index (χ2n) is 6.70. The van der Waals surface area contributed by atoms with Crippen molar-refractivity contribution in [3.05, 3.63) is 69.2 Å². The fourth-order valence-corrected chi connectivity index (χ4v) is 3.56. The van der Waals surface area contributed by atoms with E-state index in [0.717, 1.165) is 21.2 Å². The summed E-state index contributed by atoms with van der Waals surface area (Å²) in [4.78, 5) is 24.4. The monoisotopic (exact) mass is 430 g/mol. The molecule has 1 aliphatic rings. The molecular weight excluding hydrogens is 408 g/mol. The summed E-state index contributed by atoms with van der Waals surface area (Å²) in [6.45, 7) is 3.89. The number of hydrogen-bond acceptors (Lipinski definition) is 4. The molecule has 1 fully saturated rings. The first-order chi connectivity index (χ1) is 12.9. The van der Waals surface area contributed by atoms with Gasteiger partial charge in [0.1, 0.15) is 0 Å². The van der Waals surface area contributed by atoms with Crippen molar-refractivity contribution in [3.63, 3.8) is 0 Å². The SMILES string of the molecule is Cc1ccc(C(=O)NCC(=O)NC2CC(c3ccccc3Br)NN2)cc1C. The van der Waals surface area contributed by atoms with Gasteiger partial charge in [0, 0.05) is 16.5 Å². The number of carbonyl (C=O) groups excluding carboxylic acids is 2. The van der Waals surface area contributed by atoms with Crippen LogP contribution >= 0.6 is 15.9 Å². The first-order valence-corrected chi connectivity index (χ1v) is 9.63. The minimum atomic E-state index is -0.253. The van der Waals surface area contributed by atoms with Crippen molar-refractivity contribution in [1.29, 1.82) is 0 Å². The number of hydrazine groups is 1. The van der Waals surface area contributed by atoms with Crippen molar-refractivity contribution < 1.29 is 9.59 Å². The van der Waals surface area contributed by atoms with Gasteiger partial charge < -0.3 is 10.6 Å². The number of benzene rings is 2. The Morgan fingerprint density at radius 3 is 2.63 bits per heavy atom. The van der Waals surface area contributed by atoms with Gasteiger partial charge in [0.05, 0.1) is 18.8 Å². The number of amides is 2. The molecule has 1 heterocycles. The topological polar surface area (TPSA) is 82.3 Å². The van der Waals surface area contributed by atoms with Gasteiger partial charge in [0.25, 0.3) is 5.91 Å². The van der Waals surface area contributed by atoms with E-state index >= 15 is 0 Å². The molecule has 7 heteroatoms. The molecule has 2 atom stereocenters. The van der Waals surface area contributed by atoms with Gasteiger partial charge >= 0.3 is 0 Å². The highest BCUT2D eigenvalue weighted by Crippen LogP contribution is 2.27. The molecule has 0 bridgehead atoms. The highest BCUT2D eigenvalue weighted by molar-refractivity contribution is 9.10. The molecule has 1 saturated heterocycles. The zero-order valence-electron chi connectivity index (χ0n) is 15.3. The molecule has 0 radical (unpaired) electrons. The van der Waals surface area contributed by atoms with Crippen LogP contribution in [0, 0.1) is 13.8 Å². The lowest BCUT2D eigenvalue weighted by atomic mass is 10.0. The van der Waals surface area contributed by atoms with E-state index in [-0.39, 0.29) is 30.6 Å². The van der Waals surface area contributed by atoms with Gasteiger partial charge in [-0.3, -0.25) is 9.59 Å². The second kappa shape index (κ2) is 8.65. The molecule has 27 heavy (non-hydrogen) atoms. The Hall–Kier alpha value is -2.22. The quantitative estimate of drug-likeness (QED) is 0.587. The van der Waals surface area contributed by atoms with Crippen molar-refractivity contribution in [2.45, 2.75) is 32.5 Å². The van der Waals surface area contributed by atoms with E-state index in [1.165, 1.54) is 0 Å². The molecule has 4 N–H and O–H groups in total. The summed E-state index contributed by atoms with van der Waals surface area (Å²) in [5.74, 6) is -0.490. The van der Waals surface area contributed by atoms with Crippen molar-refractivity contribution >= 4 is 27.7 Å². The first kappa shape index (κ1) is 19.5. The maximum Gasteiger partial charge on any atom is 0.251 e. The maximum absolute atomic E-state index is 12.2. The summed E-state index contributed by atoms with van der Waals surface area (Å²) in [5, 5.41) is 5.55. The Morgan fingerprint density at radius 1 is 1.11 bits per heavy atom. The lowest BCUT2D eigenvalue weighted by molar-refractivity contribution is -0.120. The van der Waals surface area contributed by atoms with Crippen LogP contribution in [0.4, 0.5) is 0 Å². The zero-order valence-corrected chi connectivity index (χ0v) is 16.9. The van der Waals surface area contributed by atoms with Crippen molar-refractivity contribution in [3.8, 4) is 0 Å². The fraction of sp³-hybridized carbons (Fsp3) is 0.300. The summed E-state index contributed by atoms with van der Waals surface area (Å²) < 4.78 is 1.02. The van der Waals surface area contributed by atoms with Crippen LogP contribution in [-0.2, 0) is 4.79 Å². The van der Waals surface area contributed by atoms with Crippen LogP contribution in [-0.4, -0.2) is 24.5 Å². The van der Waals surface area contributed by atoms with E-state index in [2.05, 4.69) is 37.4 Å². The predicted molar refractivity (Wildman–Crippen MR) is 108 cm³/mol. The second-order valence-corrected chi connectivity index (χ2v) is 7.55. The molecule has 2 aromatic rings. The third-order valence-electron chi connectivity index (χ3n) is 4.70. The van der Waals surface area contributed by atoms with Gasteiger partial charge in [-0.05, 0) is 48.7 Å². The lowest BCUT2D eigenvalue weighted by Crippen LogP contribution is -2.47. The van der Waals surface area contributed by atoms with E-state index in [1.807, 2.05) is 50.2 Å². The summed E-state index contributed by atoms with van der Waals surface area (Å²) in [6, 6.07) is 13.6. The molecule has 2 amide bonds. The van der Waals surface area contributed by atoms with E-state index in [9.17, 15) is 9.59 Å². The number of carbonyl (C=O) groups is 2. The molecule has 0 saturated carbocycles. The van der Waals surface area contributed by atoms with Gasteiger partial charge in [-0.25, -0.2) is 10.9 Å². The molecule has 0 aromatic heterocycles. The van der Waals surface area contributed by atoms with Gasteiger partial charge in [0.2, 0.25) is 5.91 Å². The third kappa shape index (κ3) is 4.94. The molecule has 1 aliphatic heterocycles. The summed E-state index contributed by atoms with van der Waals surface area (Å²) in [6.07, 6.45) is 0.507. The van der Waals surface area contributed by atoms with Crippen molar-refractivity contribution in [2.24, 2.45) is 0 Å². The van der Waals surface area contributed by atoms with Crippen LogP contribution in [0.3, 0.4) is 0 Å². The highest BCUT2D eigenvalue weighted by atomic mass is 79.9.